The Bertz CT molecular complexity index is 844. The summed E-state index contributed by atoms with van der Waals surface area (Å²) in [6.45, 7) is 6.50. The summed E-state index contributed by atoms with van der Waals surface area (Å²) in [5.41, 5.74) is 3.95. The molecule has 0 aromatic heterocycles. The monoisotopic (exact) mass is 270 g/mol. The molecule has 0 heterocycles. The van der Waals surface area contributed by atoms with E-state index < -0.39 is 0 Å². The van der Waals surface area contributed by atoms with Crippen LogP contribution in [-0.2, 0) is 0 Å². The van der Waals surface area contributed by atoms with Crippen molar-refractivity contribution in [3.63, 3.8) is 0 Å². The zero-order chi connectivity index (χ0) is 14.6. The van der Waals surface area contributed by atoms with E-state index in [9.17, 15) is 0 Å². The van der Waals surface area contributed by atoms with Gasteiger partial charge in [-0.2, -0.15) is 0 Å². The summed E-state index contributed by atoms with van der Waals surface area (Å²) in [6.07, 6.45) is 0. The second kappa shape index (κ2) is 4.33. The average Bonchev–Trinajstić information content (AvgIpc) is 2.46. The van der Waals surface area contributed by atoms with Crippen LogP contribution in [-0.4, -0.2) is 0 Å². The van der Waals surface area contributed by atoms with Crippen molar-refractivity contribution in [2.75, 3.05) is 0 Å². The van der Waals surface area contributed by atoms with Gasteiger partial charge >= 0.3 is 0 Å². The van der Waals surface area contributed by atoms with Crippen LogP contribution >= 0.6 is 0 Å². The maximum Gasteiger partial charge on any atom is -0.00963 e. The van der Waals surface area contributed by atoms with Crippen molar-refractivity contribution < 1.29 is 0 Å². The molecule has 0 N–H and O–H groups in total. The normalized spacial score (nSPS) is 11.6. The van der Waals surface area contributed by atoms with Crippen LogP contribution in [0.2, 0.25) is 0 Å². The van der Waals surface area contributed by atoms with Crippen molar-refractivity contribution in [3.8, 4) is 0 Å². The molecule has 0 aliphatic rings. The molecule has 4 aromatic rings. The molecular formula is C21H18. The lowest BCUT2D eigenvalue weighted by atomic mass is 9.92. The highest BCUT2D eigenvalue weighted by Crippen LogP contribution is 2.36. The number of hydrogen-bond donors (Lipinski definition) is 0. The third-order valence-electron chi connectivity index (χ3n) is 4.40. The van der Waals surface area contributed by atoms with Gasteiger partial charge in [-0.3, -0.25) is 0 Å². The summed E-state index contributed by atoms with van der Waals surface area (Å²) in [5, 5.41) is 8.16. The summed E-state index contributed by atoms with van der Waals surface area (Å²) in [6, 6.07) is 20.4. The average molecular weight is 270 g/mol. The molecule has 4 aromatic carbocycles. The van der Waals surface area contributed by atoms with Gasteiger partial charge in [0.15, 0.2) is 0 Å². The minimum absolute atomic E-state index is 1.32. The van der Waals surface area contributed by atoms with Crippen LogP contribution in [0.5, 0.6) is 0 Å². The van der Waals surface area contributed by atoms with E-state index in [4.69, 9.17) is 0 Å². The quantitative estimate of drug-likeness (QED) is 0.340. The topological polar surface area (TPSA) is 0 Å². The maximum absolute atomic E-state index is 2.31. The van der Waals surface area contributed by atoms with Crippen molar-refractivity contribution in [2.45, 2.75) is 20.8 Å². The third-order valence-corrected chi connectivity index (χ3v) is 4.40. The first-order chi connectivity index (χ1) is 10.1. The summed E-state index contributed by atoms with van der Waals surface area (Å²) in [7, 11) is 0. The standard InChI is InChI=1S/C21H18/c1-13-4-7-16-19(10-13)17-8-5-14(2)12-21(17)18-9-6-15(3)11-20(16)18/h4-12H,1-3H3. The largest absolute Gasteiger partial charge is 0.0587 e. The Balaban J connectivity index is 2.39. The summed E-state index contributed by atoms with van der Waals surface area (Å²) in [4.78, 5) is 0. The molecule has 0 unspecified atom stereocenters. The predicted octanol–water partition coefficient (Wildman–Crippen LogP) is 6.07. The molecule has 0 fully saturated rings. The van der Waals surface area contributed by atoms with Crippen molar-refractivity contribution in [1.82, 2.24) is 0 Å². The minimum Gasteiger partial charge on any atom is -0.0587 e. The molecule has 0 atom stereocenters. The molecular weight excluding hydrogens is 252 g/mol. The van der Waals surface area contributed by atoms with E-state index in [1.807, 2.05) is 0 Å². The molecule has 0 spiro atoms. The molecule has 0 bridgehead atoms. The fourth-order valence-corrected chi connectivity index (χ4v) is 3.35. The first-order valence-corrected chi connectivity index (χ1v) is 7.46. The van der Waals surface area contributed by atoms with Gasteiger partial charge in [0, 0.05) is 0 Å². The number of hydrogen-bond acceptors (Lipinski definition) is 0. The predicted molar refractivity (Wildman–Crippen MR) is 93.2 cm³/mol. The smallest absolute Gasteiger partial charge is 0.00963 e. The highest BCUT2D eigenvalue weighted by Gasteiger charge is 2.09. The SMILES string of the molecule is Cc1ccc2c(c1)c1ccc(C)cc1c1ccc(C)cc21. The lowest BCUT2D eigenvalue weighted by Crippen LogP contribution is -1.86. The number of fused-ring (bicyclic) bond motifs is 6. The fraction of sp³-hybridized carbons (Fsp3) is 0.143. The van der Waals surface area contributed by atoms with Crippen molar-refractivity contribution in [1.29, 1.82) is 0 Å². The zero-order valence-electron chi connectivity index (χ0n) is 12.7. The summed E-state index contributed by atoms with van der Waals surface area (Å²) < 4.78 is 0. The molecule has 0 radical (unpaired) electrons. The van der Waals surface area contributed by atoms with Gasteiger partial charge in [-0.05, 0) is 53.1 Å². The van der Waals surface area contributed by atoms with Crippen molar-refractivity contribution in [3.05, 3.63) is 71.3 Å². The minimum atomic E-state index is 1.32. The van der Waals surface area contributed by atoms with E-state index in [1.165, 1.54) is 49.0 Å². The molecule has 0 saturated heterocycles. The molecule has 0 nitrogen and oxygen atoms in total. The Labute approximate surface area is 125 Å². The molecule has 0 saturated carbocycles. The number of aryl methyl sites for hydroxylation is 3. The van der Waals surface area contributed by atoms with E-state index in [0.29, 0.717) is 0 Å². The van der Waals surface area contributed by atoms with E-state index >= 15 is 0 Å². The molecule has 102 valence electrons. The van der Waals surface area contributed by atoms with Gasteiger partial charge in [0.25, 0.3) is 0 Å². The first-order valence-electron chi connectivity index (χ1n) is 7.46. The lowest BCUT2D eigenvalue weighted by molar-refractivity contribution is 1.49. The highest BCUT2D eigenvalue weighted by atomic mass is 14.1. The van der Waals surface area contributed by atoms with Crippen LogP contribution in [0.3, 0.4) is 0 Å². The van der Waals surface area contributed by atoms with E-state index in [2.05, 4.69) is 75.4 Å². The molecule has 0 amide bonds. The summed E-state index contributed by atoms with van der Waals surface area (Å²) >= 11 is 0. The Morgan fingerprint density at radius 3 is 0.952 bits per heavy atom. The van der Waals surface area contributed by atoms with Crippen LogP contribution in [0.1, 0.15) is 16.7 Å². The van der Waals surface area contributed by atoms with Crippen LogP contribution < -0.4 is 0 Å². The first kappa shape index (κ1) is 12.4. The van der Waals surface area contributed by atoms with E-state index in [0.717, 1.165) is 0 Å². The van der Waals surface area contributed by atoms with Gasteiger partial charge in [0.2, 0.25) is 0 Å². The Hall–Kier alpha value is -2.34. The highest BCUT2D eigenvalue weighted by molar-refractivity contribution is 6.25. The van der Waals surface area contributed by atoms with E-state index in [-0.39, 0.29) is 0 Å². The van der Waals surface area contributed by atoms with Gasteiger partial charge in [0.1, 0.15) is 0 Å². The lowest BCUT2D eigenvalue weighted by Gasteiger charge is -2.12. The van der Waals surface area contributed by atoms with E-state index in [1.54, 1.807) is 0 Å². The number of rotatable bonds is 0. The molecule has 0 heteroatoms. The van der Waals surface area contributed by atoms with Gasteiger partial charge in [0.05, 0.1) is 0 Å². The Morgan fingerprint density at radius 1 is 0.381 bits per heavy atom. The fourth-order valence-electron chi connectivity index (χ4n) is 3.35. The molecule has 0 aliphatic heterocycles. The van der Waals surface area contributed by atoms with Gasteiger partial charge < -0.3 is 0 Å². The summed E-state index contributed by atoms with van der Waals surface area (Å²) in [5.74, 6) is 0. The van der Waals surface area contributed by atoms with Gasteiger partial charge in [-0.15, -0.1) is 0 Å². The Kier molecular flexibility index (Phi) is 2.56. The van der Waals surface area contributed by atoms with Gasteiger partial charge in [-0.25, -0.2) is 0 Å². The maximum atomic E-state index is 2.31. The molecule has 0 aliphatic carbocycles. The Morgan fingerprint density at radius 2 is 0.667 bits per heavy atom. The second-order valence-corrected chi connectivity index (χ2v) is 6.15. The van der Waals surface area contributed by atoms with Crippen LogP contribution in [0.4, 0.5) is 0 Å². The van der Waals surface area contributed by atoms with Crippen LogP contribution in [0.25, 0.3) is 32.3 Å². The van der Waals surface area contributed by atoms with Gasteiger partial charge in [-0.1, -0.05) is 71.3 Å². The van der Waals surface area contributed by atoms with Crippen molar-refractivity contribution >= 4 is 32.3 Å². The van der Waals surface area contributed by atoms with Crippen LogP contribution in [0.15, 0.2) is 54.6 Å². The van der Waals surface area contributed by atoms with Crippen molar-refractivity contribution in [2.24, 2.45) is 0 Å². The molecule has 4 rings (SSSR count). The second-order valence-electron chi connectivity index (χ2n) is 6.15. The number of benzene rings is 4. The third kappa shape index (κ3) is 1.83. The molecule has 21 heavy (non-hydrogen) atoms. The zero-order valence-corrected chi connectivity index (χ0v) is 12.7. The van der Waals surface area contributed by atoms with Crippen LogP contribution in [0, 0.1) is 20.8 Å².